The van der Waals surface area contributed by atoms with Crippen LogP contribution in [0.5, 0.6) is 0 Å². The van der Waals surface area contributed by atoms with Crippen LogP contribution >= 0.6 is 0 Å². The zero-order valence-electron chi connectivity index (χ0n) is 14.6. The topological polar surface area (TPSA) is 63.7 Å². The number of sulfone groups is 1. The average molecular weight is 365 g/mol. The highest BCUT2D eigenvalue weighted by atomic mass is 32.2. The summed E-state index contributed by atoms with van der Waals surface area (Å²) in [6.45, 7) is 6.36. The molecule has 2 rings (SSSR count). The van der Waals surface area contributed by atoms with Crippen LogP contribution in [0, 0.1) is 5.92 Å². The first-order valence-electron chi connectivity index (χ1n) is 8.77. The molecule has 0 bridgehead atoms. The van der Waals surface area contributed by atoms with Crippen molar-refractivity contribution in [3.05, 3.63) is 43.0 Å². The van der Waals surface area contributed by atoms with Crippen LogP contribution in [0.2, 0.25) is 0 Å². The van der Waals surface area contributed by atoms with Crippen LogP contribution in [-0.4, -0.2) is 51.3 Å². The molecule has 1 aliphatic rings. The number of amides is 1. The van der Waals surface area contributed by atoms with Gasteiger partial charge < -0.3 is 9.64 Å². The van der Waals surface area contributed by atoms with Crippen LogP contribution in [0.15, 0.2) is 47.9 Å². The summed E-state index contributed by atoms with van der Waals surface area (Å²) in [7, 11) is -3.30. The highest BCUT2D eigenvalue weighted by Gasteiger charge is 2.23. The fourth-order valence-electron chi connectivity index (χ4n) is 2.98. The quantitative estimate of drug-likeness (QED) is 0.499. The van der Waals surface area contributed by atoms with E-state index < -0.39 is 9.84 Å². The smallest absolute Gasteiger partial charge is 0.222 e. The molecule has 1 amide bonds. The van der Waals surface area contributed by atoms with E-state index in [1.807, 2.05) is 4.90 Å². The Morgan fingerprint density at radius 1 is 1.24 bits per heavy atom. The molecular weight excluding hydrogens is 338 g/mol. The molecule has 0 saturated carbocycles. The largest absolute Gasteiger partial charge is 0.377 e. The first kappa shape index (κ1) is 19.7. The first-order chi connectivity index (χ1) is 12.0. The third kappa shape index (κ3) is 6.29. The third-order valence-corrected chi connectivity index (χ3v) is 6.28. The Bertz CT molecular complexity index is 649. The summed E-state index contributed by atoms with van der Waals surface area (Å²) in [6, 6.07) is 8.39. The second-order valence-corrected chi connectivity index (χ2v) is 8.49. The van der Waals surface area contributed by atoms with Crippen molar-refractivity contribution in [1.29, 1.82) is 0 Å². The standard InChI is InChI=1S/C19H27NO4S/c1-2-14-24-16-17-10-12-20(13-11-17)19(21)9-6-15-25(22,23)18-7-4-3-5-8-18/h2-5,7-8,17H,1,6,9-16H2. The van der Waals surface area contributed by atoms with Gasteiger partial charge >= 0.3 is 0 Å². The number of ether oxygens (including phenoxy) is 1. The summed E-state index contributed by atoms with van der Waals surface area (Å²) in [5.41, 5.74) is 0. The van der Waals surface area contributed by atoms with Gasteiger partial charge in [-0.3, -0.25) is 4.79 Å². The zero-order chi connectivity index (χ0) is 18.1. The van der Waals surface area contributed by atoms with Gasteiger partial charge in [0.05, 0.1) is 17.3 Å². The molecule has 1 heterocycles. The van der Waals surface area contributed by atoms with Gasteiger partial charge in [0.2, 0.25) is 5.91 Å². The number of rotatable bonds is 9. The number of likely N-dealkylation sites (tertiary alicyclic amines) is 1. The molecule has 1 aromatic carbocycles. The lowest BCUT2D eigenvalue weighted by molar-refractivity contribution is -0.132. The second kappa shape index (κ2) is 9.73. The molecule has 0 aliphatic carbocycles. The lowest BCUT2D eigenvalue weighted by Gasteiger charge is -2.32. The molecule has 138 valence electrons. The van der Waals surface area contributed by atoms with Crippen molar-refractivity contribution in [3.8, 4) is 0 Å². The van der Waals surface area contributed by atoms with Crippen LogP contribution in [-0.2, 0) is 19.4 Å². The van der Waals surface area contributed by atoms with E-state index in [-0.39, 0.29) is 18.1 Å². The molecule has 0 aromatic heterocycles. The molecule has 0 unspecified atom stereocenters. The highest BCUT2D eigenvalue weighted by molar-refractivity contribution is 7.91. The van der Waals surface area contributed by atoms with E-state index in [0.717, 1.165) is 25.9 Å². The van der Waals surface area contributed by atoms with Gasteiger partial charge in [-0.05, 0) is 37.3 Å². The lowest BCUT2D eigenvalue weighted by atomic mass is 9.97. The molecule has 6 heteroatoms. The van der Waals surface area contributed by atoms with E-state index in [1.54, 1.807) is 36.4 Å². The van der Waals surface area contributed by atoms with Crippen LogP contribution in [0.1, 0.15) is 25.7 Å². The van der Waals surface area contributed by atoms with Crippen molar-refractivity contribution in [2.24, 2.45) is 5.92 Å². The number of hydrogen-bond donors (Lipinski definition) is 0. The summed E-state index contributed by atoms with van der Waals surface area (Å²) in [4.78, 5) is 14.4. The summed E-state index contributed by atoms with van der Waals surface area (Å²) >= 11 is 0. The van der Waals surface area contributed by atoms with E-state index in [4.69, 9.17) is 4.74 Å². The van der Waals surface area contributed by atoms with Gasteiger partial charge in [-0.15, -0.1) is 6.58 Å². The van der Waals surface area contributed by atoms with Gasteiger partial charge in [0, 0.05) is 26.1 Å². The Morgan fingerprint density at radius 2 is 1.92 bits per heavy atom. The van der Waals surface area contributed by atoms with E-state index >= 15 is 0 Å². The molecule has 1 aliphatic heterocycles. The second-order valence-electron chi connectivity index (χ2n) is 6.39. The highest BCUT2D eigenvalue weighted by Crippen LogP contribution is 2.19. The van der Waals surface area contributed by atoms with Gasteiger partial charge in [-0.1, -0.05) is 24.3 Å². The molecular formula is C19H27NO4S. The van der Waals surface area contributed by atoms with Crippen molar-refractivity contribution < 1.29 is 17.9 Å². The Balaban J connectivity index is 1.70. The van der Waals surface area contributed by atoms with Gasteiger partial charge in [0.15, 0.2) is 9.84 Å². The van der Waals surface area contributed by atoms with Crippen LogP contribution in [0.4, 0.5) is 0 Å². The van der Waals surface area contributed by atoms with E-state index in [9.17, 15) is 13.2 Å². The van der Waals surface area contributed by atoms with Crippen LogP contribution in [0.25, 0.3) is 0 Å². The molecule has 0 spiro atoms. The maximum Gasteiger partial charge on any atom is 0.222 e. The predicted octanol–water partition coefficient (Wildman–Crippen LogP) is 2.68. The maximum absolute atomic E-state index is 12.3. The molecule has 1 saturated heterocycles. The molecule has 0 N–H and O–H groups in total. The zero-order valence-corrected chi connectivity index (χ0v) is 15.4. The van der Waals surface area contributed by atoms with Crippen LogP contribution < -0.4 is 0 Å². The number of nitrogens with zero attached hydrogens (tertiary/aromatic N) is 1. The van der Waals surface area contributed by atoms with Crippen molar-refractivity contribution in [2.45, 2.75) is 30.6 Å². The van der Waals surface area contributed by atoms with E-state index in [0.29, 0.717) is 30.4 Å². The molecule has 0 radical (unpaired) electrons. The maximum atomic E-state index is 12.3. The molecule has 5 nitrogen and oxygen atoms in total. The summed E-state index contributed by atoms with van der Waals surface area (Å²) in [5.74, 6) is 0.547. The SMILES string of the molecule is C=CCOCC1CCN(C(=O)CCCS(=O)(=O)c2ccccc2)CC1. The van der Waals surface area contributed by atoms with Gasteiger partial charge in [-0.25, -0.2) is 8.42 Å². The number of carbonyl (C=O) groups is 1. The summed E-state index contributed by atoms with van der Waals surface area (Å²) < 4.78 is 29.9. The fraction of sp³-hybridized carbons (Fsp3) is 0.526. The third-order valence-electron chi connectivity index (χ3n) is 4.46. The number of piperidine rings is 1. The molecule has 1 aromatic rings. The Hall–Kier alpha value is -1.66. The van der Waals surface area contributed by atoms with Gasteiger partial charge in [-0.2, -0.15) is 0 Å². The lowest BCUT2D eigenvalue weighted by Crippen LogP contribution is -2.39. The fourth-order valence-corrected chi connectivity index (χ4v) is 4.32. The monoisotopic (exact) mass is 365 g/mol. The Labute approximate surface area is 150 Å². The van der Waals surface area contributed by atoms with Gasteiger partial charge in [0.1, 0.15) is 0 Å². The normalized spacial score (nSPS) is 15.9. The molecule has 0 atom stereocenters. The summed E-state index contributed by atoms with van der Waals surface area (Å²) in [6.07, 6.45) is 4.25. The van der Waals surface area contributed by atoms with E-state index in [2.05, 4.69) is 6.58 Å². The minimum absolute atomic E-state index is 0.00854. The van der Waals surface area contributed by atoms with Crippen molar-refractivity contribution >= 4 is 15.7 Å². The van der Waals surface area contributed by atoms with Crippen LogP contribution in [0.3, 0.4) is 0 Å². The summed E-state index contributed by atoms with van der Waals surface area (Å²) in [5, 5.41) is 0. The van der Waals surface area contributed by atoms with Crippen molar-refractivity contribution in [3.63, 3.8) is 0 Å². The Kier molecular flexibility index (Phi) is 7.65. The number of carbonyl (C=O) groups excluding carboxylic acids is 1. The van der Waals surface area contributed by atoms with E-state index in [1.165, 1.54) is 0 Å². The minimum Gasteiger partial charge on any atom is -0.377 e. The molecule has 25 heavy (non-hydrogen) atoms. The average Bonchev–Trinajstić information content (AvgIpc) is 2.63. The minimum atomic E-state index is -3.30. The first-order valence-corrected chi connectivity index (χ1v) is 10.4. The molecule has 1 fully saturated rings. The number of benzene rings is 1. The predicted molar refractivity (Wildman–Crippen MR) is 98.0 cm³/mol. The van der Waals surface area contributed by atoms with Gasteiger partial charge in [0.25, 0.3) is 0 Å². The number of hydrogen-bond acceptors (Lipinski definition) is 4. The van der Waals surface area contributed by atoms with Crippen molar-refractivity contribution in [1.82, 2.24) is 4.90 Å². The van der Waals surface area contributed by atoms with Crippen molar-refractivity contribution in [2.75, 3.05) is 32.1 Å². The Morgan fingerprint density at radius 3 is 2.56 bits per heavy atom.